The first-order chi connectivity index (χ1) is 11.2. The Hall–Kier alpha value is -2.66. The molecule has 0 saturated carbocycles. The largest absolute Gasteiger partial charge is 0.507 e. The molecule has 23 heavy (non-hydrogen) atoms. The smallest absolute Gasteiger partial charge is 0.160 e. The van der Waals surface area contributed by atoms with E-state index in [9.17, 15) is 5.11 Å². The van der Waals surface area contributed by atoms with E-state index >= 15 is 0 Å². The van der Waals surface area contributed by atoms with Crippen LogP contribution in [0.15, 0.2) is 36.4 Å². The molecule has 5 nitrogen and oxygen atoms in total. The summed E-state index contributed by atoms with van der Waals surface area (Å²) < 4.78 is 0. The van der Waals surface area contributed by atoms with E-state index in [0.717, 1.165) is 36.2 Å². The summed E-state index contributed by atoms with van der Waals surface area (Å²) in [7, 11) is 0. The third kappa shape index (κ3) is 2.39. The summed E-state index contributed by atoms with van der Waals surface area (Å²) in [4.78, 5) is 3.39. The fraction of sp³-hybridized carbons (Fsp3) is 0.222. The number of aromatic hydroxyl groups is 1. The first-order valence-corrected chi connectivity index (χ1v) is 7.78. The van der Waals surface area contributed by atoms with Gasteiger partial charge in [0.1, 0.15) is 5.75 Å². The topological polar surface area (TPSA) is 73.8 Å². The lowest BCUT2D eigenvalue weighted by molar-refractivity contribution is 0.477. The quantitative estimate of drug-likeness (QED) is 0.680. The first kappa shape index (κ1) is 14.0. The van der Waals surface area contributed by atoms with E-state index in [4.69, 9.17) is 0 Å². The third-order valence-electron chi connectivity index (χ3n) is 4.38. The highest BCUT2D eigenvalue weighted by Gasteiger charge is 2.16. The molecule has 0 amide bonds. The van der Waals surface area contributed by atoms with Crippen molar-refractivity contribution in [2.45, 2.75) is 13.3 Å². The lowest BCUT2D eigenvalue weighted by Gasteiger charge is -2.13. The van der Waals surface area contributed by atoms with Crippen molar-refractivity contribution in [2.75, 3.05) is 13.1 Å². The van der Waals surface area contributed by atoms with Gasteiger partial charge in [-0.1, -0.05) is 18.2 Å². The number of nitrogens with zero attached hydrogens (tertiary/aromatic N) is 2. The highest BCUT2D eigenvalue weighted by molar-refractivity contribution is 5.89. The van der Waals surface area contributed by atoms with E-state index in [2.05, 4.69) is 33.5 Å². The number of benzene rings is 1. The number of H-pyrrole nitrogens is 1. The van der Waals surface area contributed by atoms with Gasteiger partial charge in [-0.05, 0) is 49.2 Å². The molecule has 3 heterocycles. The van der Waals surface area contributed by atoms with Crippen LogP contribution in [-0.2, 0) is 0 Å². The number of rotatable bonds is 2. The normalized spacial score (nSPS) is 14.9. The van der Waals surface area contributed by atoms with Crippen molar-refractivity contribution in [1.29, 1.82) is 0 Å². The maximum Gasteiger partial charge on any atom is 0.160 e. The molecular weight excluding hydrogens is 288 g/mol. The van der Waals surface area contributed by atoms with Gasteiger partial charge in [-0.3, -0.25) is 0 Å². The van der Waals surface area contributed by atoms with Gasteiger partial charge in [0.25, 0.3) is 0 Å². The molecule has 2 aromatic heterocycles. The van der Waals surface area contributed by atoms with Crippen molar-refractivity contribution in [3.05, 3.63) is 47.7 Å². The zero-order valence-corrected chi connectivity index (χ0v) is 12.9. The van der Waals surface area contributed by atoms with E-state index in [1.165, 1.54) is 11.1 Å². The number of nitrogens with one attached hydrogen (secondary N) is 2. The van der Waals surface area contributed by atoms with Crippen LogP contribution in [0.4, 0.5) is 0 Å². The highest BCUT2D eigenvalue weighted by Crippen LogP contribution is 2.32. The summed E-state index contributed by atoms with van der Waals surface area (Å²) in [6.07, 6.45) is 3.23. The monoisotopic (exact) mass is 306 g/mol. The number of aromatic nitrogens is 3. The maximum absolute atomic E-state index is 10.0. The Balaban J connectivity index is 1.85. The minimum absolute atomic E-state index is 0.218. The Bertz CT molecular complexity index is 911. The Morgan fingerprint density at radius 1 is 1.17 bits per heavy atom. The van der Waals surface area contributed by atoms with Crippen molar-refractivity contribution in [3.63, 3.8) is 0 Å². The summed E-state index contributed by atoms with van der Waals surface area (Å²) in [5, 5.41) is 23.0. The van der Waals surface area contributed by atoms with Crippen LogP contribution in [0.2, 0.25) is 0 Å². The van der Waals surface area contributed by atoms with Gasteiger partial charge in [0.2, 0.25) is 0 Å². The zero-order chi connectivity index (χ0) is 15.8. The molecule has 5 heteroatoms. The molecule has 1 aliphatic rings. The van der Waals surface area contributed by atoms with Gasteiger partial charge in [-0.2, -0.15) is 0 Å². The van der Waals surface area contributed by atoms with Crippen LogP contribution >= 0.6 is 0 Å². The lowest BCUT2D eigenvalue weighted by Crippen LogP contribution is -2.20. The van der Waals surface area contributed by atoms with E-state index < -0.39 is 0 Å². The van der Waals surface area contributed by atoms with Crippen molar-refractivity contribution in [1.82, 2.24) is 20.5 Å². The summed E-state index contributed by atoms with van der Waals surface area (Å²) >= 11 is 0. The molecule has 0 spiro atoms. The van der Waals surface area contributed by atoms with Crippen LogP contribution in [0.25, 0.3) is 27.9 Å². The number of aryl methyl sites for hydroxylation is 1. The van der Waals surface area contributed by atoms with E-state index in [-0.39, 0.29) is 5.75 Å². The molecule has 0 bridgehead atoms. The van der Waals surface area contributed by atoms with Crippen LogP contribution in [0, 0.1) is 6.92 Å². The van der Waals surface area contributed by atoms with Crippen LogP contribution in [0.1, 0.15) is 17.7 Å². The van der Waals surface area contributed by atoms with Crippen LogP contribution in [0.3, 0.4) is 0 Å². The fourth-order valence-electron chi connectivity index (χ4n) is 3.11. The van der Waals surface area contributed by atoms with Gasteiger partial charge >= 0.3 is 0 Å². The molecule has 0 saturated heterocycles. The molecule has 1 aliphatic heterocycles. The predicted molar refractivity (Wildman–Crippen MR) is 91.2 cm³/mol. The predicted octanol–water partition coefficient (Wildman–Crippen LogP) is 3.02. The fourth-order valence-corrected chi connectivity index (χ4v) is 3.11. The maximum atomic E-state index is 10.0. The van der Waals surface area contributed by atoms with E-state index in [1.54, 1.807) is 12.1 Å². The van der Waals surface area contributed by atoms with Crippen LogP contribution in [0.5, 0.6) is 5.75 Å². The third-order valence-corrected chi connectivity index (χ3v) is 4.38. The number of fused-ring (bicyclic) bond motifs is 1. The molecule has 0 radical (unpaired) electrons. The molecule has 4 rings (SSSR count). The Kier molecular flexibility index (Phi) is 3.35. The minimum Gasteiger partial charge on any atom is -0.507 e. The second kappa shape index (κ2) is 5.52. The SMILES string of the molecule is Cc1c(C2=CCNCC2)[nH]c2nnc(-c3ccccc3O)cc12. The van der Waals surface area contributed by atoms with Crippen molar-refractivity contribution >= 4 is 16.6 Å². The van der Waals surface area contributed by atoms with Gasteiger partial charge in [-0.25, -0.2) is 0 Å². The second-order valence-corrected chi connectivity index (χ2v) is 5.82. The number of para-hydroxylation sites is 1. The lowest BCUT2D eigenvalue weighted by atomic mass is 10.0. The van der Waals surface area contributed by atoms with Crippen molar-refractivity contribution < 1.29 is 5.11 Å². The van der Waals surface area contributed by atoms with Crippen LogP contribution < -0.4 is 5.32 Å². The second-order valence-electron chi connectivity index (χ2n) is 5.82. The summed E-state index contributed by atoms with van der Waals surface area (Å²) in [5.41, 5.74) is 5.82. The molecular formula is C18H18N4O. The molecule has 3 N–H and O–H groups in total. The van der Waals surface area contributed by atoms with Crippen LogP contribution in [-0.4, -0.2) is 33.4 Å². The first-order valence-electron chi connectivity index (χ1n) is 7.78. The van der Waals surface area contributed by atoms with Crippen molar-refractivity contribution in [2.24, 2.45) is 0 Å². The molecule has 1 aromatic carbocycles. The molecule has 0 aliphatic carbocycles. The highest BCUT2D eigenvalue weighted by atomic mass is 16.3. The number of aromatic amines is 1. The molecule has 116 valence electrons. The molecule has 0 fully saturated rings. The summed E-state index contributed by atoms with van der Waals surface area (Å²) in [6.45, 7) is 4.00. The van der Waals surface area contributed by atoms with Gasteiger partial charge in [0.05, 0.1) is 5.69 Å². The van der Waals surface area contributed by atoms with Gasteiger partial charge in [0, 0.05) is 23.2 Å². The number of hydrogen-bond acceptors (Lipinski definition) is 4. The number of hydrogen-bond donors (Lipinski definition) is 3. The van der Waals surface area contributed by atoms with Gasteiger partial charge in [0.15, 0.2) is 5.65 Å². The average molecular weight is 306 g/mol. The zero-order valence-electron chi connectivity index (χ0n) is 12.9. The number of phenols is 1. The minimum atomic E-state index is 0.218. The summed E-state index contributed by atoms with van der Waals surface area (Å²) in [5.74, 6) is 0.218. The molecule has 0 unspecified atom stereocenters. The van der Waals surface area contributed by atoms with E-state index in [0.29, 0.717) is 11.3 Å². The Labute approximate surface area is 134 Å². The molecule has 0 atom stereocenters. The Morgan fingerprint density at radius 2 is 2.04 bits per heavy atom. The summed E-state index contributed by atoms with van der Waals surface area (Å²) in [6, 6.07) is 9.19. The van der Waals surface area contributed by atoms with Gasteiger partial charge in [-0.15, -0.1) is 10.2 Å². The number of phenolic OH excluding ortho intramolecular Hbond substituents is 1. The standard InChI is InChI=1S/C18H18N4O/c1-11-14-10-15(13-4-2-3-5-16(13)23)21-22-18(14)20-17(11)12-6-8-19-9-7-12/h2-6,10,19,23H,7-9H2,1H3,(H,20,22). The van der Waals surface area contributed by atoms with Crippen molar-refractivity contribution in [3.8, 4) is 17.0 Å². The van der Waals surface area contributed by atoms with E-state index in [1.807, 2.05) is 18.2 Å². The average Bonchev–Trinajstić information content (AvgIpc) is 2.93. The van der Waals surface area contributed by atoms with Gasteiger partial charge < -0.3 is 15.4 Å². The Morgan fingerprint density at radius 3 is 2.83 bits per heavy atom. The molecule has 3 aromatic rings.